The summed E-state index contributed by atoms with van der Waals surface area (Å²) < 4.78 is 5.48. The summed E-state index contributed by atoms with van der Waals surface area (Å²) in [4.78, 5) is 10.9. The van der Waals surface area contributed by atoms with Crippen molar-refractivity contribution in [1.29, 1.82) is 0 Å². The molecule has 0 amide bonds. The molecule has 21 heavy (non-hydrogen) atoms. The number of hydrogen-bond acceptors (Lipinski definition) is 5. The van der Waals surface area contributed by atoms with Gasteiger partial charge in [0.25, 0.3) is 0 Å². The Morgan fingerprint density at radius 1 is 1.52 bits per heavy atom. The fraction of sp³-hybridized carbons (Fsp3) is 0.600. The molecule has 1 heterocycles. The first kappa shape index (κ1) is 15.6. The minimum atomic E-state index is -0.371. The Morgan fingerprint density at radius 2 is 2.38 bits per heavy atom. The van der Waals surface area contributed by atoms with Crippen LogP contribution in [-0.2, 0) is 0 Å². The number of nitrogens with one attached hydrogen (secondary N) is 2. The highest BCUT2D eigenvalue weighted by Gasteiger charge is 2.21. The molecule has 1 aliphatic heterocycles. The zero-order chi connectivity index (χ0) is 15.1. The van der Waals surface area contributed by atoms with Gasteiger partial charge in [0.1, 0.15) is 5.69 Å². The summed E-state index contributed by atoms with van der Waals surface area (Å²) in [7, 11) is 0. The summed E-state index contributed by atoms with van der Waals surface area (Å²) in [6.07, 6.45) is 3.02. The van der Waals surface area contributed by atoms with Gasteiger partial charge in [-0.15, -0.1) is 0 Å². The lowest BCUT2D eigenvalue weighted by Crippen LogP contribution is -2.13. The number of benzene rings is 1. The molecule has 1 aromatic carbocycles. The van der Waals surface area contributed by atoms with Crippen molar-refractivity contribution in [3.8, 4) is 5.75 Å². The molecule has 0 aliphatic carbocycles. The third-order valence-electron chi connectivity index (χ3n) is 3.67. The molecule has 6 heteroatoms. The van der Waals surface area contributed by atoms with Gasteiger partial charge in [-0.25, -0.2) is 0 Å². The lowest BCUT2D eigenvalue weighted by molar-refractivity contribution is -0.385. The average Bonchev–Trinajstić information content (AvgIpc) is 2.98. The van der Waals surface area contributed by atoms with Crippen LogP contribution in [-0.4, -0.2) is 31.2 Å². The molecule has 6 nitrogen and oxygen atoms in total. The highest BCUT2D eigenvalue weighted by atomic mass is 16.6. The van der Waals surface area contributed by atoms with Gasteiger partial charge in [-0.2, -0.15) is 0 Å². The quantitative estimate of drug-likeness (QED) is 0.569. The van der Waals surface area contributed by atoms with E-state index in [0.717, 1.165) is 32.5 Å². The summed E-state index contributed by atoms with van der Waals surface area (Å²) in [6.45, 7) is 5.32. The van der Waals surface area contributed by atoms with Crippen LogP contribution in [0.5, 0.6) is 5.75 Å². The lowest BCUT2D eigenvalue weighted by Gasteiger charge is -2.12. The van der Waals surface area contributed by atoms with Gasteiger partial charge in [0, 0.05) is 6.54 Å². The highest BCUT2D eigenvalue weighted by molar-refractivity contribution is 5.68. The lowest BCUT2D eigenvalue weighted by atomic mass is 10.1. The summed E-state index contributed by atoms with van der Waals surface area (Å²) in [5.74, 6) is 1.01. The van der Waals surface area contributed by atoms with E-state index in [9.17, 15) is 10.1 Å². The van der Waals surface area contributed by atoms with Gasteiger partial charge >= 0.3 is 5.69 Å². The molecule has 0 saturated carbocycles. The van der Waals surface area contributed by atoms with E-state index < -0.39 is 0 Å². The Balaban J connectivity index is 2.01. The fourth-order valence-corrected chi connectivity index (χ4v) is 2.55. The molecule has 0 spiro atoms. The van der Waals surface area contributed by atoms with Crippen molar-refractivity contribution in [2.24, 2.45) is 5.92 Å². The molecule has 0 bridgehead atoms. The van der Waals surface area contributed by atoms with Crippen molar-refractivity contribution in [3.05, 3.63) is 28.3 Å². The van der Waals surface area contributed by atoms with Gasteiger partial charge in [-0.3, -0.25) is 10.1 Å². The van der Waals surface area contributed by atoms with Crippen LogP contribution in [0.2, 0.25) is 0 Å². The van der Waals surface area contributed by atoms with Crippen LogP contribution in [0.15, 0.2) is 18.2 Å². The molecule has 2 rings (SSSR count). The Bertz CT molecular complexity index is 473. The maximum atomic E-state index is 11.3. The van der Waals surface area contributed by atoms with Crippen LogP contribution in [0.4, 0.5) is 11.4 Å². The van der Waals surface area contributed by atoms with Crippen LogP contribution < -0.4 is 15.4 Å². The number of anilines is 1. The van der Waals surface area contributed by atoms with Gasteiger partial charge in [-0.05, 0) is 50.4 Å². The second-order valence-corrected chi connectivity index (χ2v) is 5.33. The number of nitrogens with zero attached hydrogens (tertiary/aromatic N) is 1. The van der Waals surface area contributed by atoms with E-state index in [1.165, 1.54) is 6.42 Å². The summed E-state index contributed by atoms with van der Waals surface area (Å²) in [5.41, 5.74) is 0.579. The standard InChI is InChI=1S/C15H23N3O3/c1-2-10-21-14-5-3-4-13(15(14)18(19)20)17-9-7-12-6-8-16-11-12/h3-5,12,16-17H,2,6-11H2,1H3. The molecular formula is C15H23N3O3. The molecule has 1 saturated heterocycles. The first-order valence-electron chi connectivity index (χ1n) is 7.57. The van der Waals surface area contributed by atoms with Crippen LogP contribution in [0, 0.1) is 16.0 Å². The molecule has 1 unspecified atom stereocenters. The summed E-state index contributed by atoms with van der Waals surface area (Å²) in [6, 6.07) is 5.18. The van der Waals surface area contributed by atoms with Gasteiger partial charge < -0.3 is 15.4 Å². The Hall–Kier alpha value is -1.82. The van der Waals surface area contributed by atoms with E-state index >= 15 is 0 Å². The van der Waals surface area contributed by atoms with Crippen LogP contribution in [0.1, 0.15) is 26.2 Å². The number of ether oxygens (including phenoxy) is 1. The fourth-order valence-electron chi connectivity index (χ4n) is 2.55. The minimum absolute atomic E-state index is 0.0375. The molecule has 0 radical (unpaired) electrons. The predicted molar refractivity (Wildman–Crippen MR) is 83.0 cm³/mol. The molecule has 1 aromatic rings. The van der Waals surface area contributed by atoms with E-state index in [2.05, 4.69) is 10.6 Å². The Kier molecular flexibility index (Phi) is 5.80. The second kappa shape index (κ2) is 7.83. The average molecular weight is 293 g/mol. The molecule has 1 atom stereocenters. The van der Waals surface area contributed by atoms with E-state index in [0.29, 0.717) is 24.0 Å². The highest BCUT2D eigenvalue weighted by Crippen LogP contribution is 2.34. The van der Waals surface area contributed by atoms with Crippen LogP contribution >= 0.6 is 0 Å². The maximum absolute atomic E-state index is 11.3. The normalized spacial score (nSPS) is 17.7. The third-order valence-corrected chi connectivity index (χ3v) is 3.67. The van der Waals surface area contributed by atoms with Gasteiger partial charge in [0.05, 0.1) is 11.5 Å². The first-order valence-corrected chi connectivity index (χ1v) is 7.57. The molecule has 2 N–H and O–H groups in total. The molecule has 1 aliphatic rings. The van der Waals surface area contributed by atoms with E-state index in [4.69, 9.17) is 4.74 Å². The Morgan fingerprint density at radius 3 is 3.05 bits per heavy atom. The SMILES string of the molecule is CCCOc1cccc(NCCC2CCNC2)c1[N+](=O)[O-]. The monoisotopic (exact) mass is 293 g/mol. The topological polar surface area (TPSA) is 76.4 Å². The molecule has 1 fully saturated rings. The van der Waals surface area contributed by atoms with Crippen molar-refractivity contribution < 1.29 is 9.66 Å². The van der Waals surface area contributed by atoms with Crippen LogP contribution in [0.25, 0.3) is 0 Å². The smallest absolute Gasteiger partial charge is 0.333 e. The third kappa shape index (κ3) is 4.32. The van der Waals surface area contributed by atoms with Crippen molar-refractivity contribution in [2.75, 3.05) is 31.6 Å². The minimum Gasteiger partial charge on any atom is -0.487 e. The molecule has 116 valence electrons. The van der Waals surface area contributed by atoms with Crippen molar-refractivity contribution in [2.45, 2.75) is 26.2 Å². The first-order chi connectivity index (χ1) is 10.2. The zero-order valence-corrected chi connectivity index (χ0v) is 12.4. The summed E-state index contributed by atoms with van der Waals surface area (Å²) in [5, 5.41) is 17.8. The van der Waals surface area contributed by atoms with E-state index in [-0.39, 0.29) is 10.6 Å². The number of nitro groups is 1. The van der Waals surface area contributed by atoms with Gasteiger partial charge in [0.2, 0.25) is 0 Å². The maximum Gasteiger partial charge on any atom is 0.333 e. The molecule has 0 aromatic heterocycles. The Labute approximate surface area is 125 Å². The number of nitro benzene ring substituents is 1. The zero-order valence-electron chi connectivity index (χ0n) is 12.4. The number of hydrogen-bond donors (Lipinski definition) is 2. The number of para-hydroxylation sites is 1. The van der Waals surface area contributed by atoms with Gasteiger partial charge in [-0.1, -0.05) is 13.0 Å². The summed E-state index contributed by atoms with van der Waals surface area (Å²) >= 11 is 0. The van der Waals surface area contributed by atoms with E-state index in [1.54, 1.807) is 18.2 Å². The molecular weight excluding hydrogens is 270 g/mol. The van der Waals surface area contributed by atoms with Crippen molar-refractivity contribution in [1.82, 2.24) is 5.32 Å². The predicted octanol–water partition coefficient (Wildman–Crippen LogP) is 2.80. The van der Waals surface area contributed by atoms with E-state index in [1.807, 2.05) is 6.92 Å². The van der Waals surface area contributed by atoms with Crippen LogP contribution in [0.3, 0.4) is 0 Å². The van der Waals surface area contributed by atoms with Crippen molar-refractivity contribution >= 4 is 11.4 Å². The van der Waals surface area contributed by atoms with Gasteiger partial charge in [0.15, 0.2) is 5.75 Å². The number of rotatable bonds is 8. The second-order valence-electron chi connectivity index (χ2n) is 5.33. The van der Waals surface area contributed by atoms with Crippen molar-refractivity contribution in [3.63, 3.8) is 0 Å². The largest absolute Gasteiger partial charge is 0.487 e.